The molecular weight excluding hydrogens is 422 g/mol. The van der Waals surface area contributed by atoms with Crippen molar-refractivity contribution in [2.24, 2.45) is 5.92 Å². The minimum absolute atomic E-state index is 0.0320. The van der Waals surface area contributed by atoms with E-state index in [2.05, 4.69) is 27.1 Å². The summed E-state index contributed by atoms with van der Waals surface area (Å²) in [4.78, 5) is 37.9. The maximum absolute atomic E-state index is 13.0. The third-order valence-corrected chi connectivity index (χ3v) is 6.80. The highest BCUT2D eigenvalue weighted by molar-refractivity contribution is 7.99. The van der Waals surface area contributed by atoms with Crippen LogP contribution in [0, 0.1) is 5.92 Å². The number of halogens is 1. The molecule has 30 heavy (non-hydrogen) atoms. The zero-order valence-electron chi connectivity index (χ0n) is 17.9. The molecule has 9 heteroatoms. The fourth-order valence-corrected chi connectivity index (χ4v) is 5.05. The molecule has 1 N–H and O–H groups in total. The van der Waals surface area contributed by atoms with Gasteiger partial charge in [0.2, 0.25) is 11.8 Å². The van der Waals surface area contributed by atoms with Gasteiger partial charge in [0.05, 0.1) is 5.75 Å². The van der Waals surface area contributed by atoms with Crippen molar-refractivity contribution in [1.82, 2.24) is 20.2 Å². The summed E-state index contributed by atoms with van der Waals surface area (Å²) >= 11 is 7.52. The van der Waals surface area contributed by atoms with E-state index in [1.165, 1.54) is 31.0 Å². The van der Waals surface area contributed by atoms with Crippen molar-refractivity contribution in [2.45, 2.75) is 63.6 Å². The van der Waals surface area contributed by atoms with Gasteiger partial charge in [-0.25, -0.2) is 9.97 Å². The maximum atomic E-state index is 13.0. The number of hydrogen-bond acceptors (Lipinski definition) is 6. The number of nitrogens with one attached hydrogen (secondary N) is 1. The first kappa shape index (κ1) is 23.1. The summed E-state index contributed by atoms with van der Waals surface area (Å²) in [5.74, 6) is 1.50. The van der Waals surface area contributed by atoms with Gasteiger partial charge in [-0.05, 0) is 26.2 Å². The Morgan fingerprint density at radius 3 is 2.70 bits per heavy atom. The molecule has 1 saturated carbocycles. The maximum Gasteiger partial charge on any atom is 0.230 e. The van der Waals surface area contributed by atoms with E-state index in [1.54, 1.807) is 6.07 Å². The molecule has 0 spiro atoms. The number of aromatic nitrogens is 2. The molecule has 0 aromatic carbocycles. The largest absolute Gasteiger partial charge is 0.355 e. The summed E-state index contributed by atoms with van der Waals surface area (Å²) in [6.07, 6.45) is 6.55. The topological polar surface area (TPSA) is 78.4 Å². The van der Waals surface area contributed by atoms with Crippen LogP contribution in [0.2, 0.25) is 5.15 Å². The molecule has 1 aliphatic heterocycles. The highest BCUT2D eigenvalue weighted by atomic mass is 35.5. The average molecular weight is 454 g/mol. The minimum Gasteiger partial charge on any atom is -0.355 e. The van der Waals surface area contributed by atoms with Crippen molar-refractivity contribution < 1.29 is 9.59 Å². The summed E-state index contributed by atoms with van der Waals surface area (Å²) in [7, 11) is 0. The molecule has 1 unspecified atom stereocenters. The van der Waals surface area contributed by atoms with Gasteiger partial charge in [0.25, 0.3) is 0 Å². The fourth-order valence-electron chi connectivity index (χ4n) is 4.13. The Morgan fingerprint density at radius 2 is 2.00 bits per heavy atom. The Hall–Kier alpha value is -1.54. The van der Waals surface area contributed by atoms with Gasteiger partial charge in [-0.2, -0.15) is 0 Å². The summed E-state index contributed by atoms with van der Waals surface area (Å²) in [5, 5.41) is 3.71. The molecule has 3 rings (SSSR count). The number of piperazine rings is 1. The highest BCUT2D eigenvalue weighted by Gasteiger charge is 2.33. The third-order valence-electron chi connectivity index (χ3n) is 5.75. The van der Waals surface area contributed by atoms with E-state index >= 15 is 0 Å². The number of amides is 2. The first-order valence-electron chi connectivity index (χ1n) is 11.0. The van der Waals surface area contributed by atoms with Crippen LogP contribution >= 0.6 is 23.4 Å². The van der Waals surface area contributed by atoms with Crippen LogP contribution in [0.25, 0.3) is 0 Å². The summed E-state index contributed by atoms with van der Waals surface area (Å²) < 4.78 is 0. The Bertz CT molecular complexity index is 744. The lowest BCUT2D eigenvalue weighted by Gasteiger charge is -2.42. The van der Waals surface area contributed by atoms with E-state index < -0.39 is 0 Å². The van der Waals surface area contributed by atoms with Gasteiger partial charge < -0.3 is 15.1 Å². The first-order chi connectivity index (χ1) is 14.5. The number of nitrogens with zero attached hydrogens (tertiary/aromatic N) is 4. The second-order valence-corrected chi connectivity index (χ2v) is 9.46. The summed E-state index contributed by atoms with van der Waals surface area (Å²) in [6, 6.07) is 1.88. The number of hydrogen-bond donors (Lipinski definition) is 1. The van der Waals surface area contributed by atoms with Crippen LogP contribution in [0.5, 0.6) is 0 Å². The number of anilines is 1. The lowest BCUT2D eigenvalue weighted by atomic mass is 9.88. The van der Waals surface area contributed by atoms with Crippen LogP contribution in [-0.2, 0) is 9.59 Å². The van der Waals surface area contributed by atoms with Crippen molar-refractivity contribution in [3.8, 4) is 0 Å². The van der Waals surface area contributed by atoms with E-state index in [9.17, 15) is 9.59 Å². The average Bonchev–Trinajstić information content (AvgIpc) is 2.76. The van der Waals surface area contributed by atoms with Crippen molar-refractivity contribution >= 4 is 41.0 Å². The van der Waals surface area contributed by atoms with E-state index in [1.807, 2.05) is 11.8 Å². The van der Waals surface area contributed by atoms with Crippen LogP contribution in [0.1, 0.15) is 52.4 Å². The molecule has 0 radical (unpaired) electrons. The van der Waals surface area contributed by atoms with Gasteiger partial charge in [-0.15, -0.1) is 0 Å². The van der Waals surface area contributed by atoms with Crippen LogP contribution in [0.4, 0.5) is 5.82 Å². The lowest BCUT2D eigenvalue weighted by Crippen LogP contribution is -2.55. The number of carbonyl (C=O) groups is 2. The van der Waals surface area contributed by atoms with Crippen LogP contribution in [0.3, 0.4) is 0 Å². The van der Waals surface area contributed by atoms with Gasteiger partial charge in [0.1, 0.15) is 11.0 Å². The monoisotopic (exact) mass is 453 g/mol. The van der Waals surface area contributed by atoms with Gasteiger partial charge in [0, 0.05) is 44.2 Å². The van der Waals surface area contributed by atoms with Crippen LogP contribution in [0.15, 0.2) is 11.2 Å². The van der Waals surface area contributed by atoms with Gasteiger partial charge in [0.15, 0.2) is 5.16 Å². The summed E-state index contributed by atoms with van der Waals surface area (Å²) in [5.41, 5.74) is 0. The number of thioether (sulfide) groups is 1. The standard InChI is InChI=1S/C21H32ClN5O2S/c1-3-9-23-19(28)14-30-21-24-17(22)12-18(25-21)26-10-11-27(15(2)13-26)20(29)16-7-5-4-6-8-16/h12,15-16H,3-11,13-14H2,1-2H3,(H,23,28). The number of carbonyl (C=O) groups excluding carboxylic acids is 2. The van der Waals surface area contributed by atoms with Crippen LogP contribution in [-0.4, -0.2) is 64.7 Å². The Kier molecular flexibility index (Phi) is 8.62. The molecule has 1 aromatic rings. The smallest absolute Gasteiger partial charge is 0.230 e. The van der Waals surface area contributed by atoms with E-state index in [0.717, 1.165) is 31.6 Å². The van der Waals surface area contributed by atoms with E-state index in [0.29, 0.717) is 35.9 Å². The second kappa shape index (κ2) is 11.2. The highest BCUT2D eigenvalue weighted by Crippen LogP contribution is 2.28. The predicted molar refractivity (Wildman–Crippen MR) is 121 cm³/mol. The molecule has 1 aliphatic carbocycles. The Labute approximate surface area is 188 Å². The molecule has 2 amide bonds. The van der Waals surface area contributed by atoms with Gasteiger partial charge >= 0.3 is 0 Å². The second-order valence-electron chi connectivity index (χ2n) is 8.13. The summed E-state index contributed by atoms with van der Waals surface area (Å²) in [6.45, 7) is 6.92. The van der Waals surface area contributed by atoms with Crippen molar-refractivity contribution in [2.75, 3.05) is 36.8 Å². The molecule has 2 aliphatic rings. The SMILES string of the molecule is CCCNC(=O)CSc1nc(Cl)cc(N2CCN(C(=O)C3CCCCC3)C(C)C2)n1. The van der Waals surface area contributed by atoms with E-state index in [-0.39, 0.29) is 23.6 Å². The first-order valence-corrected chi connectivity index (χ1v) is 12.3. The molecule has 166 valence electrons. The fraction of sp³-hybridized carbons (Fsp3) is 0.714. The zero-order chi connectivity index (χ0) is 21.5. The predicted octanol–water partition coefficient (Wildman–Crippen LogP) is 3.37. The van der Waals surface area contributed by atoms with Crippen LogP contribution < -0.4 is 10.2 Å². The quantitative estimate of drug-likeness (QED) is 0.387. The molecule has 2 fully saturated rings. The molecule has 1 aromatic heterocycles. The van der Waals surface area contributed by atoms with Crippen molar-refractivity contribution in [3.63, 3.8) is 0 Å². The molecule has 0 bridgehead atoms. The molecular formula is C21H32ClN5O2S. The van der Waals surface area contributed by atoms with E-state index in [4.69, 9.17) is 11.6 Å². The lowest BCUT2D eigenvalue weighted by molar-refractivity contribution is -0.139. The molecule has 2 heterocycles. The Morgan fingerprint density at radius 1 is 1.23 bits per heavy atom. The molecule has 1 saturated heterocycles. The number of rotatable bonds is 7. The zero-order valence-corrected chi connectivity index (χ0v) is 19.5. The van der Waals surface area contributed by atoms with Crippen molar-refractivity contribution in [3.05, 3.63) is 11.2 Å². The van der Waals surface area contributed by atoms with Crippen molar-refractivity contribution in [1.29, 1.82) is 0 Å². The van der Waals surface area contributed by atoms with Gasteiger partial charge in [-0.1, -0.05) is 49.5 Å². The molecule has 7 nitrogen and oxygen atoms in total. The Balaban J connectivity index is 1.59. The van der Waals surface area contributed by atoms with Gasteiger partial charge in [-0.3, -0.25) is 9.59 Å². The minimum atomic E-state index is -0.0320. The molecule has 1 atom stereocenters. The third kappa shape index (κ3) is 6.23. The normalized spacial score (nSPS) is 20.3.